The Hall–Kier alpha value is -1.84. The van der Waals surface area contributed by atoms with Crippen LogP contribution in [0.2, 0.25) is 0 Å². The highest BCUT2D eigenvalue weighted by Gasteiger charge is 2.19. The minimum Gasteiger partial charge on any atom is -0.457 e. The van der Waals surface area contributed by atoms with Crippen LogP contribution in [-0.4, -0.2) is 23.4 Å². The van der Waals surface area contributed by atoms with Crippen molar-refractivity contribution in [3.63, 3.8) is 0 Å². The van der Waals surface area contributed by atoms with E-state index in [1.807, 2.05) is 0 Å². The van der Waals surface area contributed by atoms with E-state index in [1.165, 1.54) is 114 Å². The summed E-state index contributed by atoms with van der Waals surface area (Å²) in [5.74, 6) is 2.25. The molecule has 0 radical (unpaired) electrons. The standard InChI is InChI=1S/C36H58O.C2H6O2/c1-7-13-19-29-25-27-35(33(23-17-11-5)31(29)21-15-9-3)37-36-28-26-30(20-14-8-2)32(22-16-10-4)34(36)24-18-12-6;3-1-2-4/h25-28H,7-24H2,1-6H3;3-4H,1-2H2. The van der Waals surface area contributed by atoms with E-state index in [4.69, 9.17) is 14.9 Å². The Morgan fingerprint density at radius 2 is 0.707 bits per heavy atom. The quantitative estimate of drug-likeness (QED) is 0.157. The molecule has 0 spiro atoms. The lowest BCUT2D eigenvalue weighted by molar-refractivity contribution is 0.186. The second kappa shape index (κ2) is 23.7. The Labute approximate surface area is 254 Å². The fourth-order valence-electron chi connectivity index (χ4n) is 5.54. The maximum absolute atomic E-state index is 7.62. The molecule has 2 N–H and O–H groups in total. The normalized spacial score (nSPS) is 10.9. The Balaban J connectivity index is 0.00000196. The Morgan fingerprint density at radius 3 is 1.00 bits per heavy atom. The van der Waals surface area contributed by atoms with Crippen LogP contribution >= 0.6 is 0 Å². The Kier molecular flexibility index (Phi) is 21.5. The molecule has 0 unspecified atom stereocenters. The molecule has 0 aliphatic rings. The van der Waals surface area contributed by atoms with E-state index in [9.17, 15) is 0 Å². The first-order valence-corrected chi connectivity index (χ1v) is 17.2. The van der Waals surface area contributed by atoms with Crippen molar-refractivity contribution in [1.82, 2.24) is 0 Å². The second-order valence-corrected chi connectivity index (χ2v) is 11.5. The van der Waals surface area contributed by atoms with Crippen molar-refractivity contribution in [1.29, 1.82) is 0 Å². The van der Waals surface area contributed by atoms with E-state index in [0.29, 0.717) is 0 Å². The lowest BCUT2D eigenvalue weighted by atomic mass is 9.89. The van der Waals surface area contributed by atoms with E-state index < -0.39 is 0 Å². The Bertz CT molecular complexity index is 858. The molecule has 0 saturated heterocycles. The molecule has 3 heteroatoms. The molecule has 0 bridgehead atoms. The van der Waals surface area contributed by atoms with E-state index in [-0.39, 0.29) is 13.2 Å². The number of ether oxygens (including phenoxy) is 1. The van der Waals surface area contributed by atoms with E-state index in [0.717, 1.165) is 24.3 Å². The van der Waals surface area contributed by atoms with Gasteiger partial charge in [-0.25, -0.2) is 0 Å². The van der Waals surface area contributed by atoms with Gasteiger partial charge in [-0.15, -0.1) is 0 Å². The molecule has 0 aromatic heterocycles. The van der Waals surface area contributed by atoms with Crippen LogP contribution in [0, 0.1) is 0 Å². The molecule has 234 valence electrons. The molecule has 0 fully saturated rings. The predicted molar refractivity (Wildman–Crippen MR) is 179 cm³/mol. The van der Waals surface area contributed by atoms with Crippen LogP contribution in [-0.2, 0) is 38.5 Å². The second-order valence-electron chi connectivity index (χ2n) is 11.5. The zero-order valence-corrected chi connectivity index (χ0v) is 27.8. The zero-order chi connectivity index (χ0) is 30.3. The molecular weight excluding hydrogens is 504 g/mol. The van der Waals surface area contributed by atoms with Crippen molar-refractivity contribution in [3.05, 3.63) is 57.6 Å². The van der Waals surface area contributed by atoms with Crippen LogP contribution in [0.3, 0.4) is 0 Å². The van der Waals surface area contributed by atoms with Crippen molar-refractivity contribution in [2.45, 2.75) is 157 Å². The third-order valence-corrected chi connectivity index (χ3v) is 8.01. The summed E-state index contributed by atoms with van der Waals surface area (Å²) in [6.45, 7) is 13.6. The first-order chi connectivity index (χ1) is 20.1. The molecule has 0 amide bonds. The van der Waals surface area contributed by atoms with Gasteiger partial charge in [-0.2, -0.15) is 0 Å². The number of hydrogen-bond acceptors (Lipinski definition) is 3. The number of benzene rings is 2. The summed E-state index contributed by atoms with van der Waals surface area (Å²) in [6.07, 6.45) is 22.0. The monoisotopic (exact) mass is 568 g/mol. The van der Waals surface area contributed by atoms with Gasteiger partial charge in [-0.05, 0) is 123 Å². The van der Waals surface area contributed by atoms with Crippen molar-refractivity contribution in [2.24, 2.45) is 0 Å². The molecule has 0 saturated carbocycles. The summed E-state index contributed by atoms with van der Waals surface area (Å²) < 4.78 is 6.99. The minimum atomic E-state index is -0.125. The van der Waals surface area contributed by atoms with Gasteiger partial charge in [0, 0.05) is 0 Å². The molecule has 41 heavy (non-hydrogen) atoms. The van der Waals surface area contributed by atoms with Gasteiger partial charge in [0.2, 0.25) is 0 Å². The fraction of sp³-hybridized carbons (Fsp3) is 0.684. The summed E-state index contributed by atoms with van der Waals surface area (Å²) >= 11 is 0. The van der Waals surface area contributed by atoms with E-state index in [1.54, 1.807) is 22.3 Å². The maximum Gasteiger partial charge on any atom is 0.130 e. The van der Waals surface area contributed by atoms with Crippen molar-refractivity contribution < 1.29 is 14.9 Å². The lowest BCUT2D eigenvalue weighted by Crippen LogP contribution is -2.07. The van der Waals surface area contributed by atoms with Gasteiger partial charge in [0.05, 0.1) is 13.2 Å². The van der Waals surface area contributed by atoms with Crippen LogP contribution in [0.5, 0.6) is 11.5 Å². The molecule has 0 aliphatic carbocycles. The summed E-state index contributed by atoms with van der Waals surface area (Å²) in [7, 11) is 0. The highest BCUT2D eigenvalue weighted by molar-refractivity contribution is 5.51. The van der Waals surface area contributed by atoms with Gasteiger partial charge in [0.25, 0.3) is 0 Å². The first kappa shape index (κ1) is 37.2. The smallest absolute Gasteiger partial charge is 0.130 e. The molecule has 0 atom stereocenters. The van der Waals surface area contributed by atoms with Gasteiger partial charge in [0.1, 0.15) is 11.5 Å². The maximum atomic E-state index is 7.62. The highest BCUT2D eigenvalue weighted by atomic mass is 16.5. The van der Waals surface area contributed by atoms with Crippen LogP contribution in [0.15, 0.2) is 24.3 Å². The van der Waals surface area contributed by atoms with Gasteiger partial charge in [-0.3, -0.25) is 0 Å². The lowest BCUT2D eigenvalue weighted by Gasteiger charge is -2.23. The fourth-order valence-corrected chi connectivity index (χ4v) is 5.54. The van der Waals surface area contributed by atoms with Crippen LogP contribution in [0.1, 0.15) is 152 Å². The summed E-state index contributed by atoms with van der Waals surface area (Å²) in [4.78, 5) is 0. The highest BCUT2D eigenvalue weighted by Crippen LogP contribution is 2.37. The third-order valence-electron chi connectivity index (χ3n) is 8.01. The number of hydrogen-bond donors (Lipinski definition) is 2. The molecule has 0 heterocycles. The molecule has 2 aromatic rings. The summed E-state index contributed by atoms with van der Waals surface area (Å²) in [5, 5.41) is 15.2. The van der Waals surface area contributed by atoms with Gasteiger partial charge in [0.15, 0.2) is 0 Å². The van der Waals surface area contributed by atoms with Crippen LogP contribution < -0.4 is 4.74 Å². The number of aliphatic hydroxyl groups excluding tert-OH is 2. The summed E-state index contributed by atoms with van der Waals surface area (Å²) in [5.41, 5.74) is 9.33. The number of rotatable bonds is 21. The van der Waals surface area contributed by atoms with Crippen molar-refractivity contribution in [2.75, 3.05) is 13.2 Å². The summed E-state index contributed by atoms with van der Waals surface area (Å²) in [6, 6.07) is 9.41. The number of unbranched alkanes of at least 4 members (excludes halogenated alkanes) is 6. The van der Waals surface area contributed by atoms with Crippen LogP contribution in [0.25, 0.3) is 0 Å². The topological polar surface area (TPSA) is 49.7 Å². The average Bonchev–Trinajstić information content (AvgIpc) is 3.00. The van der Waals surface area contributed by atoms with Gasteiger partial charge < -0.3 is 14.9 Å². The molecule has 3 nitrogen and oxygen atoms in total. The third kappa shape index (κ3) is 13.3. The SMILES string of the molecule is CCCCc1ccc(Oc2ccc(CCCC)c(CCCC)c2CCCC)c(CCCC)c1CCCC.OCCO. The van der Waals surface area contributed by atoms with Gasteiger partial charge >= 0.3 is 0 Å². The largest absolute Gasteiger partial charge is 0.457 e. The number of aliphatic hydroxyl groups is 2. The molecule has 2 rings (SSSR count). The van der Waals surface area contributed by atoms with Crippen LogP contribution in [0.4, 0.5) is 0 Å². The number of aryl methyl sites for hydroxylation is 2. The molecular formula is C38H64O3. The first-order valence-electron chi connectivity index (χ1n) is 17.2. The van der Waals surface area contributed by atoms with Crippen molar-refractivity contribution in [3.8, 4) is 11.5 Å². The van der Waals surface area contributed by atoms with E-state index >= 15 is 0 Å². The minimum absolute atomic E-state index is 0.125. The van der Waals surface area contributed by atoms with Gasteiger partial charge in [-0.1, -0.05) is 92.2 Å². The van der Waals surface area contributed by atoms with Crippen molar-refractivity contribution >= 4 is 0 Å². The molecule has 0 aliphatic heterocycles. The predicted octanol–water partition coefficient (Wildman–Crippen LogP) is 10.5. The Morgan fingerprint density at radius 1 is 0.415 bits per heavy atom. The van der Waals surface area contributed by atoms with E-state index in [2.05, 4.69) is 65.8 Å². The zero-order valence-electron chi connectivity index (χ0n) is 27.8. The average molecular weight is 569 g/mol. The molecule has 2 aromatic carbocycles.